The Balaban J connectivity index is 1.67. The molecule has 2 heterocycles. The van der Waals surface area contributed by atoms with Crippen LogP contribution in [0.25, 0.3) is 0 Å². The van der Waals surface area contributed by atoms with Crippen LogP contribution in [0, 0.1) is 16.0 Å². The van der Waals surface area contributed by atoms with Gasteiger partial charge in [-0.1, -0.05) is 59.7 Å². The molecule has 3 atom stereocenters. The van der Waals surface area contributed by atoms with Crippen molar-refractivity contribution < 1.29 is 24.5 Å². The fourth-order valence-electron chi connectivity index (χ4n) is 5.50. The van der Waals surface area contributed by atoms with Crippen LogP contribution in [-0.4, -0.2) is 27.9 Å². The number of nitro groups is 1. The molecule has 9 nitrogen and oxygen atoms in total. The molecule has 3 aromatic rings. The average Bonchev–Trinajstić information content (AvgIpc) is 3.39. The molecule has 2 saturated heterocycles. The van der Waals surface area contributed by atoms with Crippen LogP contribution in [0.5, 0.6) is 5.75 Å². The number of nitro benzene ring substituents is 1. The maximum atomic E-state index is 14.0. The van der Waals surface area contributed by atoms with Crippen LogP contribution in [0.4, 0.5) is 17.1 Å². The van der Waals surface area contributed by atoms with Gasteiger partial charge in [0.25, 0.3) is 11.6 Å². The third-order valence-corrected chi connectivity index (χ3v) is 7.53. The Kier molecular flexibility index (Phi) is 6.45. The highest BCUT2D eigenvalue weighted by molar-refractivity contribution is 6.24. The number of aromatic hydroxyl groups is 1. The molecule has 2 amide bonds. The molecule has 0 aliphatic carbocycles. The Bertz CT molecular complexity index is 1450. The second-order valence-electron chi connectivity index (χ2n) is 12.4. The number of phenols is 1. The number of phenolic OH excluding ortho intramolecular Hbond substituents is 1. The van der Waals surface area contributed by atoms with Crippen molar-refractivity contribution in [3.8, 4) is 5.75 Å². The standard InChI is InChI=1S/C31H33N3O6/c1-30(2,3)22-16-18(17-23(26(22)35)31(4,5)6)25-24-27(40-33(25)20-10-8-7-9-11-20)29(37)32(28(24)36)19-12-14-21(15-13-19)34(38)39/h7-17,24-25,27,35H,1-6H3/t24-,25-,27-/m0/s1. The number of fused-ring (bicyclic) bond motifs is 1. The van der Waals surface area contributed by atoms with Gasteiger partial charge in [0.15, 0.2) is 6.10 Å². The van der Waals surface area contributed by atoms with E-state index in [1.807, 2.05) is 84.0 Å². The Morgan fingerprint density at radius 3 is 1.88 bits per heavy atom. The zero-order valence-corrected chi connectivity index (χ0v) is 23.4. The van der Waals surface area contributed by atoms with Gasteiger partial charge < -0.3 is 5.11 Å². The van der Waals surface area contributed by atoms with Crippen molar-refractivity contribution in [1.82, 2.24) is 0 Å². The highest BCUT2D eigenvalue weighted by Crippen LogP contribution is 2.50. The first kappa shape index (κ1) is 27.3. The van der Waals surface area contributed by atoms with Crippen LogP contribution >= 0.6 is 0 Å². The maximum Gasteiger partial charge on any atom is 0.269 e. The predicted octanol–water partition coefficient (Wildman–Crippen LogP) is 5.95. The molecule has 9 heteroatoms. The number of hydroxylamine groups is 1. The first-order valence-electron chi connectivity index (χ1n) is 13.2. The minimum absolute atomic E-state index is 0.138. The summed E-state index contributed by atoms with van der Waals surface area (Å²) in [6.45, 7) is 12.1. The molecule has 0 aromatic heterocycles. The number of hydrogen-bond acceptors (Lipinski definition) is 7. The first-order chi connectivity index (χ1) is 18.7. The van der Waals surface area contributed by atoms with E-state index >= 15 is 0 Å². The molecular weight excluding hydrogens is 510 g/mol. The van der Waals surface area contributed by atoms with Crippen LogP contribution in [0.3, 0.4) is 0 Å². The summed E-state index contributed by atoms with van der Waals surface area (Å²) in [5.41, 5.74) is 2.20. The average molecular weight is 544 g/mol. The summed E-state index contributed by atoms with van der Waals surface area (Å²) in [4.78, 5) is 45.6. The molecule has 2 aliphatic rings. The first-order valence-corrected chi connectivity index (χ1v) is 13.2. The fraction of sp³-hybridized carbons (Fsp3) is 0.355. The van der Waals surface area contributed by atoms with E-state index in [0.717, 1.165) is 21.6 Å². The number of carbonyl (C=O) groups excluding carboxylic acids is 2. The van der Waals surface area contributed by atoms with Crippen molar-refractivity contribution in [2.75, 3.05) is 9.96 Å². The zero-order chi connectivity index (χ0) is 29.1. The highest BCUT2D eigenvalue weighted by atomic mass is 16.7. The lowest BCUT2D eigenvalue weighted by molar-refractivity contribution is -0.384. The molecule has 3 aromatic carbocycles. The van der Waals surface area contributed by atoms with Gasteiger partial charge in [-0.3, -0.25) is 24.5 Å². The smallest absolute Gasteiger partial charge is 0.269 e. The van der Waals surface area contributed by atoms with E-state index in [9.17, 15) is 24.8 Å². The summed E-state index contributed by atoms with van der Waals surface area (Å²) in [5.74, 6) is -1.65. The van der Waals surface area contributed by atoms with Crippen LogP contribution in [0.2, 0.25) is 0 Å². The molecule has 0 spiro atoms. The quantitative estimate of drug-likeness (QED) is 0.246. The van der Waals surface area contributed by atoms with Gasteiger partial charge >= 0.3 is 0 Å². The van der Waals surface area contributed by atoms with Gasteiger partial charge in [0.05, 0.1) is 22.3 Å². The van der Waals surface area contributed by atoms with Gasteiger partial charge in [-0.2, -0.15) is 0 Å². The summed E-state index contributed by atoms with van der Waals surface area (Å²) in [7, 11) is 0. The number of benzene rings is 3. The molecule has 0 saturated carbocycles. The van der Waals surface area contributed by atoms with Crippen LogP contribution in [0.15, 0.2) is 66.7 Å². The van der Waals surface area contributed by atoms with Crippen molar-refractivity contribution in [1.29, 1.82) is 0 Å². The van der Waals surface area contributed by atoms with E-state index in [1.54, 1.807) is 5.06 Å². The number of nitrogens with zero attached hydrogens (tertiary/aromatic N) is 3. The fourth-order valence-corrected chi connectivity index (χ4v) is 5.50. The monoisotopic (exact) mass is 543 g/mol. The van der Waals surface area contributed by atoms with Crippen molar-refractivity contribution >= 4 is 28.9 Å². The Morgan fingerprint density at radius 2 is 1.38 bits per heavy atom. The summed E-state index contributed by atoms with van der Waals surface area (Å²) in [5, 5.41) is 24.1. The Hall–Kier alpha value is -4.24. The van der Waals surface area contributed by atoms with E-state index in [1.165, 1.54) is 24.3 Å². The molecule has 0 bridgehead atoms. The molecule has 2 fully saturated rings. The minimum Gasteiger partial charge on any atom is -0.507 e. The summed E-state index contributed by atoms with van der Waals surface area (Å²) < 4.78 is 0. The van der Waals surface area contributed by atoms with Gasteiger partial charge in [-0.25, -0.2) is 9.96 Å². The van der Waals surface area contributed by atoms with Crippen LogP contribution in [0.1, 0.15) is 64.3 Å². The largest absolute Gasteiger partial charge is 0.507 e. The normalized spacial score (nSPS) is 21.2. The van der Waals surface area contributed by atoms with E-state index < -0.39 is 45.6 Å². The second-order valence-corrected chi connectivity index (χ2v) is 12.4. The number of carbonyl (C=O) groups is 2. The predicted molar refractivity (Wildman–Crippen MR) is 151 cm³/mol. The van der Waals surface area contributed by atoms with Crippen molar-refractivity contribution in [3.63, 3.8) is 0 Å². The number of para-hydroxylation sites is 1. The van der Waals surface area contributed by atoms with Gasteiger partial charge in [0, 0.05) is 12.1 Å². The van der Waals surface area contributed by atoms with Gasteiger partial charge in [-0.15, -0.1) is 0 Å². The molecule has 1 N–H and O–H groups in total. The molecule has 208 valence electrons. The lowest BCUT2D eigenvalue weighted by Gasteiger charge is -2.32. The zero-order valence-electron chi connectivity index (χ0n) is 23.4. The van der Waals surface area contributed by atoms with Crippen molar-refractivity contribution in [2.45, 2.75) is 64.5 Å². The van der Waals surface area contributed by atoms with Crippen molar-refractivity contribution in [3.05, 3.63) is 93.5 Å². The Morgan fingerprint density at radius 1 is 0.825 bits per heavy atom. The number of rotatable bonds is 4. The second kappa shape index (κ2) is 9.45. The number of imide groups is 1. The molecule has 5 rings (SSSR count). The van der Waals surface area contributed by atoms with E-state index in [0.29, 0.717) is 5.69 Å². The molecule has 40 heavy (non-hydrogen) atoms. The van der Waals surface area contributed by atoms with Gasteiger partial charge in [0.1, 0.15) is 11.7 Å². The third kappa shape index (κ3) is 4.50. The minimum atomic E-state index is -1.09. The Labute approximate surface area is 233 Å². The van der Waals surface area contributed by atoms with Crippen LogP contribution in [-0.2, 0) is 25.3 Å². The van der Waals surface area contributed by atoms with Gasteiger partial charge in [0.2, 0.25) is 5.91 Å². The number of anilines is 2. The van der Waals surface area contributed by atoms with E-state index in [-0.39, 0.29) is 17.1 Å². The highest BCUT2D eigenvalue weighted by Gasteiger charge is 2.60. The lowest BCUT2D eigenvalue weighted by atomic mass is 9.76. The van der Waals surface area contributed by atoms with Crippen LogP contribution < -0.4 is 9.96 Å². The summed E-state index contributed by atoms with van der Waals surface area (Å²) in [6.07, 6.45) is -1.09. The van der Waals surface area contributed by atoms with E-state index in [4.69, 9.17) is 4.84 Å². The third-order valence-electron chi connectivity index (χ3n) is 7.53. The molecular formula is C31H33N3O6. The topological polar surface area (TPSA) is 113 Å². The SMILES string of the molecule is CC(C)(C)c1cc([C@H]2[C@@H]3C(=O)N(c4ccc([N+](=O)[O-])cc4)C(=O)[C@H]3ON2c2ccccc2)cc(C(C)(C)C)c1O. The maximum absolute atomic E-state index is 14.0. The van der Waals surface area contributed by atoms with Crippen molar-refractivity contribution in [2.24, 2.45) is 5.92 Å². The number of non-ortho nitro benzene ring substituents is 1. The molecule has 0 unspecified atom stereocenters. The van der Waals surface area contributed by atoms with E-state index in [2.05, 4.69) is 0 Å². The molecule has 2 aliphatic heterocycles. The number of amides is 2. The number of hydrogen-bond donors (Lipinski definition) is 1. The van der Waals surface area contributed by atoms with Gasteiger partial charge in [-0.05, 0) is 63.9 Å². The summed E-state index contributed by atoms with van der Waals surface area (Å²) in [6, 6.07) is 17.8. The lowest BCUT2D eigenvalue weighted by Crippen LogP contribution is -2.37. The summed E-state index contributed by atoms with van der Waals surface area (Å²) >= 11 is 0. The molecule has 0 radical (unpaired) electrons.